The first-order valence-electron chi connectivity index (χ1n) is 6.19. The van der Waals surface area contributed by atoms with Crippen LogP contribution in [-0.2, 0) is 10.0 Å². The molecule has 2 heterocycles. The van der Waals surface area contributed by atoms with Crippen molar-refractivity contribution in [1.82, 2.24) is 4.31 Å². The minimum atomic E-state index is -3.07. The van der Waals surface area contributed by atoms with Crippen LogP contribution < -0.4 is 5.73 Å². The summed E-state index contributed by atoms with van der Waals surface area (Å²) in [6, 6.07) is 1.79. The van der Waals surface area contributed by atoms with Crippen molar-refractivity contribution in [2.45, 2.75) is 25.3 Å². The molecule has 102 valence electrons. The first kappa shape index (κ1) is 13.6. The molecule has 0 radical (unpaired) electrons. The molecule has 1 aromatic rings. The lowest BCUT2D eigenvalue weighted by atomic mass is 9.91. The number of rotatable bonds is 4. The molecule has 18 heavy (non-hydrogen) atoms. The van der Waals surface area contributed by atoms with Crippen LogP contribution in [0.1, 0.15) is 30.9 Å². The second-order valence-electron chi connectivity index (χ2n) is 5.03. The minimum Gasteiger partial charge on any atom is -0.472 e. The predicted octanol–water partition coefficient (Wildman–Crippen LogP) is 1.34. The molecule has 0 spiro atoms. The van der Waals surface area contributed by atoms with Gasteiger partial charge in [0.05, 0.1) is 18.8 Å². The van der Waals surface area contributed by atoms with E-state index in [-0.39, 0.29) is 6.04 Å². The van der Waals surface area contributed by atoms with Crippen molar-refractivity contribution in [3.63, 3.8) is 0 Å². The number of piperidine rings is 1. The molecule has 0 saturated carbocycles. The van der Waals surface area contributed by atoms with E-state index in [0.29, 0.717) is 19.0 Å². The van der Waals surface area contributed by atoms with Gasteiger partial charge in [0.15, 0.2) is 0 Å². The van der Waals surface area contributed by atoms with Crippen molar-refractivity contribution < 1.29 is 12.8 Å². The van der Waals surface area contributed by atoms with Crippen LogP contribution in [0.5, 0.6) is 0 Å². The highest BCUT2D eigenvalue weighted by Gasteiger charge is 2.27. The Labute approximate surface area is 108 Å². The van der Waals surface area contributed by atoms with Crippen LogP contribution in [0.2, 0.25) is 0 Å². The smallest absolute Gasteiger partial charge is 0.211 e. The Hall–Kier alpha value is -0.850. The number of hydrogen-bond acceptors (Lipinski definition) is 4. The van der Waals surface area contributed by atoms with Gasteiger partial charge in [-0.2, -0.15) is 0 Å². The van der Waals surface area contributed by atoms with E-state index in [1.54, 1.807) is 16.8 Å². The van der Waals surface area contributed by atoms with Crippen LogP contribution in [0.25, 0.3) is 0 Å². The largest absolute Gasteiger partial charge is 0.472 e. The molecule has 1 fully saturated rings. The SMILES string of the molecule is CS(=O)(=O)N1CCCC(CC(N)c2ccoc2)C1. The van der Waals surface area contributed by atoms with Gasteiger partial charge in [0, 0.05) is 24.7 Å². The molecular weight excluding hydrogens is 252 g/mol. The third-order valence-electron chi connectivity index (χ3n) is 3.51. The lowest BCUT2D eigenvalue weighted by molar-refractivity contribution is 0.247. The molecule has 1 aliphatic rings. The van der Waals surface area contributed by atoms with E-state index in [0.717, 1.165) is 24.8 Å². The van der Waals surface area contributed by atoms with E-state index < -0.39 is 10.0 Å². The van der Waals surface area contributed by atoms with Crippen molar-refractivity contribution in [3.8, 4) is 0 Å². The zero-order valence-electron chi connectivity index (χ0n) is 10.6. The van der Waals surface area contributed by atoms with E-state index in [2.05, 4.69) is 0 Å². The summed E-state index contributed by atoms with van der Waals surface area (Å²) in [5.41, 5.74) is 7.08. The summed E-state index contributed by atoms with van der Waals surface area (Å²) in [7, 11) is -3.07. The lowest BCUT2D eigenvalue weighted by Gasteiger charge is -2.32. The molecule has 1 aromatic heterocycles. The normalized spacial score (nSPS) is 24.0. The molecule has 2 unspecified atom stereocenters. The minimum absolute atomic E-state index is 0.0757. The average molecular weight is 272 g/mol. The molecule has 1 saturated heterocycles. The topological polar surface area (TPSA) is 76.5 Å². The van der Waals surface area contributed by atoms with E-state index in [1.807, 2.05) is 6.07 Å². The van der Waals surface area contributed by atoms with Crippen LogP contribution in [0.3, 0.4) is 0 Å². The second kappa shape index (κ2) is 5.42. The fourth-order valence-corrected chi connectivity index (χ4v) is 3.44. The van der Waals surface area contributed by atoms with Crippen LogP contribution in [0, 0.1) is 5.92 Å². The summed E-state index contributed by atoms with van der Waals surface area (Å²) in [5.74, 6) is 0.332. The highest BCUT2D eigenvalue weighted by molar-refractivity contribution is 7.88. The third-order valence-corrected chi connectivity index (χ3v) is 4.78. The third kappa shape index (κ3) is 3.34. The maximum Gasteiger partial charge on any atom is 0.211 e. The quantitative estimate of drug-likeness (QED) is 0.897. The van der Waals surface area contributed by atoms with Gasteiger partial charge in [-0.1, -0.05) is 0 Å². The van der Waals surface area contributed by atoms with E-state index in [4.69, 9.17) is 10.2 Å². The molecule has 0 aromatic carbocycles. The highest BCUT2D eigenvalue weighted by atomic mass is 32.2. The maximum absolute atomic E-state index is 11.5. The Bertz CT molecular complexity index is 470. The summed E-state index contributed by atoms with van der Waals surface area (Å²) in [5, 5.41) is 0. The number of furan rings is 1. The molecule has 0 bridgehead atoms. The number of hydrogen-bond donors (Lipinski definition) is 1. The van der Waals surface area contributed by atoms with Gasteiger partial charge in [-0.25, -0.2) is 12.7 Å². The Kier molecular flexibility index (Phi) is 4.09. The average Bonchev–Trinajstić information content (AvgIpc) is 2.81. The monoisotopic (exact) mass is 272 g/mol. The van der Waals surface area contributed by atoms with E-state index in [1.165, 1.54) is 6.26 Å². The van der Waals surface area contributed by atoms with Gasteiger partial charge < -0.3 is 10.2 Å². The van der Waals surface area contributed by atoms with Crippen LogP contribution in [-0.4, -0.2) is 32.1 Å². The van der Waals surface area contributed by atoms with Crippen LogP contribution in [0.4, 0.5) is 0 Å². The molecule has 0 amide bonds. The van der Waals surface area contributed by atoms with Crippen molar-refractivity contribution in [2.75, 3.05) is 19.3 Å². The Morgan fingerprint density at radius 1 is 1.61 bits per heavy atom. The van der Waals surface area contributed by atoms with Crippen LogP contribution in [0.15, 0.2) is 23.0 Å². The van der Waals surface area contributed by atoms with Crippen molar-refractivity contribution >= 4 is 10.0 Å². The Balaban J connectivity index is 1.94. The molecule has 6 heteroatoms. The zero-order chi connectivity index (χ0) is 13.2. The first-order valence-corrected chi connectivity index (χ1v) is 8.04. The zero-order valence-corrected chi connectivity index (χ0v) is 11.4. The summed E-state index contributed by atoms with van der Waals surface area (Å²) < 4.78 is 29.6. The lowest BCUT2D eigenvalue weighted by Crippen LogP contribution is -2.40. The van der Waals surface area contributed by atoms with Crippen molar-refractivity contribution in [1.29, 1.82) is 0 Å². The van der Waals surface area contributed by atoms with E-state index in [9.17, 15) is 8.42 Å². The Morgan fingerprint density at radius 3 is 3.00 bits per heavy atom. The van der Waals surface area contributed by atoms with Crippen molar-refractivity contribution in [2.24, 2.45) is 11.7 Å². The first-order chi connectivity index (χ1) is 8.47. The highest BCUT2D eigenvalue weighted by Crippen LogP contribution is 2.27. The molecular formula is C12H20N2O3S. The summed E-state index contributed by atoms with van der Waals surface area (Å²) in [6.07, 6.45) is 7.28. The molecule has 2 N–H and O–H groups in total. The van der Waals surface area contributed by atoms with Crippen molar-refractivity contribution in [3.05, 3.63) is 24.2 Å². The fraction of sp³-hybridized carbons (Fsp3) is 0.667. The fourth-order valence-electron chi connectivity index (χ4n) is 2.50. The number of nitrogens with two attached hydrogens (primary N) is 1. The Morgan fingerprint density at radius 2 is 2.39 bits per heavy atom. The van der Waals surface area contributed by atoms with Gasteiger partial charge in [0.2, 0.25) is 10.0 Å². The van der Waals surface area contributed by atoms with Gasteiger partial charge >= 0.3 is 0 Å². The predicted molar refractivity (Wildman–Crippen MR) is 69.4 cm³/mol. The molecule has 0 aliphatic carbocycles. The molecule has 1 aliphatic heterocycles. The van der Waals surface area contributed by atoms with Crippen LogP contribution >= 0.6 is 0 Å². The van der Waals surface area contributed by atoms with Gasteiger partial charge in [-0.05, 0) is 31.2 Å². The standard InChI is InChI=1S/C12H20N2O3S/c1-18(15,16)14-5-2-3-10(8-14)7-12(13)11-4-6-17-9-11/h4,6,9-10,12H,2-3,5,7-8,13H2,1H3. The van der Waals surface area contributed by atoms with Gasteiger partial charge in [0.1, 0.15) is 0 Å². The second-order valence-corrected chi connectivity index (χ2v) is 7.01. The number of sulfonamides is 1. The van der Waals surface area contributed by atoms with Gasteiger partial charge in [0.25, 0.3) is 0 Å². The number of nitrogens with zero attached hydrogens (tertiary/aromatic N) is 1. The molecule has 5 nitrogen and oxygen atoms in total. The molecule has 2 atom stereocenters. The maximum atomic E-state index is 11.5. The summed E-state index contributed by atoms with van der Waals surface area (Å²) >= 11 is 0. The molecule has 2 rings (SSSR count). The van der Waals surface area contributed by atoms with E-state index >= 15 is 0 Å². The summed E-state index contributed by atoms with van der Waals surface area (Å²) in [4.78, 5) is 0. The van der Waals surface area contributed by atoms with Gasteiger partial charge in [-0.3, -0.25) is 0 Å². The van der Waals surface area contributed by atoms with Gasteiger partial charge in [-0.15, -0.1) is 0 Å². The summed E-state index contributed by atoms with van der Waals surface area (Å²) in [6.45, 7) is 1.22.